The Hall–Kier alpha value is -2.46. The SMILES string of the molecule is NCCc1cc(-c2cccnc2)n(Cc2ccccc2)n1. The Kier molecular flexibility index (Phi) is 4.07. The van der Waals surface area contributed by atoms with Crippen molar-refractivity contribution in [3.05, 3.63) is 72.2 Å². The van der Waals surface area contributed by atoms with Crippen LogP contribution in [0, 0.1) is 0 Å². The molecule has 0 radical (unpaired) electrons. The second kappa shape index (κ2) is 6.33. The van der Waals surface area contributed by atoms with E-state index in [-0.39, 0.29) is 0 Å². The maximum absolute atomic E-state index is 5.65. The van der Waals surface area contributed by atoms with Crippen LogP contribution in [0.1, 0.15) is 11.3 Å². The van der Waals surface area contributed by atoms with Crippen molar-refractivity contribution in [2.75, 3.05) is 6.54 Å². The van der Waals surface area contributed by atoms with Crippen LogP contribution >= 0.6 is 0 Å². The number of rotatable bonds is 5. The summed E-state index contributed by atoms with van der Waals surface area (Å²) in [4.78, 5) is 4.20. The first-order chi connectivity index (χ1) is 10.4. The number of aromatic nitrogens is 3. The third-order valence-corrected chi connectivity index (χ3v) is 3.36. The number of pyridine rings is 1. The molecular formula is C17H18N4. The maximum atomic E-state index is 5.65. The zero-order valence-corrected chi connectivity index (χ0v) is 11.8. The van der Waals surface area contributed by atoms with Crippen LogP contribution in [0.3, 0.4) is 0 Å². The van der Waals surface area contributed by atoms with Gasteiger partial charge in [0, 0.05) is 24.4 Å². The molecule has 0 atom stereocenters. The lowest BCUT2D eigenvalue weighted by Crippen LogP contribution is -2.06. The number of hydrogen-bond acceptors (Lipinski definition) is 3. The summed E-state index contributed by atoms with van der Waals surface area (Å²) in [5.74, 6) is 0. The second-order valence-electron chi connectivity index (χ2n) is 4.94. The molecule has 4 nitrogen and oxygen atoms in total. The predicted octanol–water partition coefficient (Wildman–Crippen LogP) is 2.49. The molecule has 106 valence electrons. The molecule has 0 aliphatic heterocycles. The predicted molar refractivity (Wildman–Crippen MR) is 83.8 cm³/mol. The number of nitrogens with zero attached hydrogens (tertiary/aromatic N) is 3. The van der Waals surface area contributed by atoms with Crippen LogP contribution in [-0.4, -0.2) is 21.3 Å². The molecule has 0 saturated carbocycles. The molecular weight excluding hydrogens is 260 g/mol. The molecule has 0 bridgehead atoms. The highest BCUT2D eigenvalue weighted by molar-refractivity contribution is 5.58. The van der Waals surface area contributed by atoms with Crippen molar-refractivity contribution in [1.29, 1.82) is 0 Å². The van der Waals surface area contributed by atoms with Gasteiger partial charge in [0.25, 0.3) is 0 Å². The molecule has 0 aliphatic rings. The smallest absolute Gasteiger partial charge is 0.0704 e. The summed E-state index contributed by atoms with van der Waals surface area (Å²) in [6, 6.07) is 16.4. The molecule has 2 heterocycles. The van der Waals surface area contributed by atoms with Gasteiger partial charge in [0.15, 0.2) is 0 Å². The van der Waals surface area contributed by atoms with Crippen LogP contribution in [0.2, 0.25) is 0 Å². The zero-order chi connectivity index (χ0) is 14.5. The van der Waals surface area contributed by atoms with Crippen molar-refractivity contribution >= 4 is 0 Å². The molecule has 0 unspecified atom stereocenters. The van der Waals surface area contributed by atoms with Gasteiger partial charge in [0.05, 0.1) is 17.9 Å². The first kappa shape index (κ1) is 13.5. The fourth-order valence-electron chi connectivity index (χ4n) is 2.36. The van der Waals surface area contributed by atoms with Gasteiger partial charge < -0.3 is 5.73 Å². The van der Waals surface area contributed by atoms with E-state index in [1.807, 2.05) is 35.1 Å². The Bertz CT molecular complexity index is 689. The monoisotopic (exact) mass is 278 g/mol. The highest BCUT2D eigenvalue weighted by atomic mass is 15.3. The Morgan fingerprint density at radius 1 is 1.05 bits per heavy atom. The van der Waals surface area contributed by atoms with Gasteiger partial charge in [-0.1, -0.05) is 30.3 Å². The molecule has 21 heavy (non-hydrogen) atoms. The van der Waals surface area contributed by atoms with Crippen LogP contribution in [0.4, 0.5) is 0 Å². The molecule has 0 amide bonds. The zero-order valence-electron chi connectivity index (χ0n) is 11.8. The van der Waals surface area contributed by atoms with Crippen LogP contribution < -0.4 is 5.73 Å². The van der Waals surface area contributed by atoms with Gasteiger partial charge in [0.1, 0.15) is 0 Å². The van der Waals surface area contributed by atoms with Gasteiger partial charge in [0.2, 0.25) is 0 Å². The molecule has 0 fully saturated rings. The maximum Gasteiger partial charge on any atom is 0.0704 e. The van der Waals surface area contributed by atoms with Crippen molar-refractivity contribution in [3.63, 3.8) is 0 Å². The number of nitrogens with two attached hydrogens (primary N) is 1. The van der Waals surface area contributed by atoms with Gasteiger partial charge in [-0.2, -0.15) is 5.10 Å². The van der Waals surface area contributed by atoms with E-state index in [1.165, 1.54) is 5.56 Å². The molecule has 0 aliphatic carbocycles. The van der Waals surface area contributed by atoms with E-state index in [9.17, 15) is 0 Å². The Morgan fingerprint density at radius 2 is 1.90 bits per heavy atom. The average Bonchev–Trinajstić information content (AvgIpc) is 2.92. The summed E-state index contributed by atoms with van der Waals surface area (Å²) >= 11 is 0. The van der Waals surface area contributed by atoms with Crippen molar-refractivity contribution in [3.8, 4) is 11.3 Å². The van der Waals surface area contributed by atoms with Gasteiger partial charge in [-0.3, -0.25) is 9.67 Å². The first-order valence-electron chi connectivity index (χ1n) is 7.08. The molecule has 1 aromatic carbocycles. The minimum atomic E-state index is 0.606. The topological polar surface area (TPSA) is 56.7 Å². The first-order valence-corrected chi connectivity index (χ1v) is 7.08. The fraction of sp³-hybridized carbons (Fsp3) is 0.176. The second-order valence-corrected chi connectivity index (χ2v) is 4.94. The van der Waals surface area contributed by atoms with Crippen molar-refractivity contribution in [2.24, 2.45) is 5.73 Å². The van der Waals surface area contributed by atoms with Crippen molar-refractivity contribution < 1.29 is 0 Å². The summed E-state index contributed by atoms with van der Waals surface area (Å²) in [5, 5.41) is 4.68. The molecule has 3 rings (SSSR count). The Labute approximate surface area is 124 Å². The summed E-state index contributed by atoms with van der Waals surface area (Å²) in [5.41, 5.74) is 10.0. The van der Waals surface area contributed by atoms with E-state index in [0.717, 1.165) is 29.9 Å². The molecule has 0 spiro atoms. The quantitative estimate of drug-likeness (QED) is 0.780. The van der Waals surface area contributed by atoms with E-state index in [0.29, 0.717) is 6.54 Å². The summed E-state index contributed by atoms with van der Waals surface area (Å²) < 4.78 is 2.03. The lowest BCUT2D eigenvalue weighted by atomic mass is 10.1. The Morgan fingerprint density at radius 3 is 2.62 bits per heavy atom. The summed E-state index contributed by atoms with van der Waals surface area (Å²) in [6.07, 6.45) is 4.43. The normalized spacial score (nSPS) is 10.7. The van der Waals surface area contributed by atoms with E-state index in [1.54, 1.807) is 6.20 Å². The largest absolute Gasteiger partial charge is 0.330 e. The van der Waals surface area contributed by atoms with E-state index < -0.39 is 0 Å². The molecule has 4 heteroatoms. The lowest BCUT2D eigenvalue weighted by Gasteiger charge is -2.07. The Balaban J connectivity index is 1.98. The van der Waals surface area contributed by atoms with Crippen LogP contribution in [0.5, 0.6) is 0 Å². The third-order valence-electron chi connectivity index (χ3n) is 3.36. The fourth-order valence-corrected chi connectivity index (χ4v) is 2.36. The molecule has 0 saturated heterocycles. The number of benzene rings is 1. The number of hydrogen-bond donors (Lipinski definition) is 1. The average molecular weight is 278 g/mol. The van der Waals surface area contributed by atoms with Crippen LogP contribution in [0.25, 0.3) is 11.3 Å². The highest BCUT2D eigenvalue weighted by Crippen LogP contribution is 2.21. The van der Waals surface area contributed by atoms with E-state index >= 15 is 0 Å². The van der Waals surface area contributed by atoms with E-state index in [2.05, 4.69) is 34.3 Å². The van der Waals surface area contributed by atoms with Crippen LogP contribution in [-0.2, 0) is 13.0 Å². The highest BCUT2D eigenvalue weighted by Gasteiger charge is 2.10. The molecule has 2 aromatic heterocycles. The van der Waals surface area contributed by atoms with Crippen LogP contribution in [0.15, 0.2) is 60.9 Å². The minimum Gasteiger partial charge on any atom is -0.330 e. The van der Waals surface area contributed by atoms with Gasteiger partial charge >= 0.3 is 0 Å². The lowest BCUT2D eigenvalue weighted by molar-refractivity contribution is 0.677. The van der Waals surface area contributed by atoms with Crippen molar-refractivity contribution in [1.82, 2.24) is 14.8 Å². The third kappa shape index (κ3) is 3.17. The molecule has 2 N–H and O–H groups in total. The molecule has 3 aromatic rings. The minimum absolute atomic E-state index is 0.606. The van der Waals surface area contributed by atoms with E-state index in [4.69, 9.17) is 5.73 Å². The summed E-state index contributed by atoms with van der Waals surface area (Å²) in [7, 11) is 0. The van der Waals surface area contributed by atoms with Gasteiger partial charge in [-0.25, -0.2) is 0 Å². The van der Waals surface area contributed by atoms with Crippen molar-refractivity contribution in [2.45, 2.75) is 13.0 Å². The van der Waals surface area contributed by atoms with Gasteiger partial charge in [-0.15, -0.1) is 0 Å². The standard InChI is InChI=1S/C17H18N4/c18-9-8-16-11-17(15-7-4-10-19-12-15)21(20-16)13-14-5-2-1-3-6-14/h1-7,10-12H,8-9,13,18H2. The summed E-state index contributed by atoms with van der Waals surface area (Å²) in [6.45, 7) is 1.35. The van der Waals surface area contributed by atoms with Gasteiger partial charge in [-0.05, 0) is 30.3 Å².